The molecule has 1 saturated carbocycles. The van der Waals surface area contributed by atoms with Crippen LogP contribution >= 0.6 is 0 Å². The molecule has 2 heteroatoms. The van der Waals surface area contributed by atoms with Gasteiger partial charge in [-0.1, -0.05) is 31.8 Å². The molecular weight excluding hydrogens is 188 g/mol. The average Bonchev–Trinajstić information content (AvgIpc) is 2.53. The summed E-state index contributed by atoms with van der Waals surface area (Å²) in [6.07, 6.45) is 9.90. The largest absolute Gasteiger partial charge is 0.457 e. The summed E-state index contributed by atoms with van der Waals surface area (Å²) in [5.41, 5.74) is -0.380. The lowest BCUT2D eigenvalue weighted by molar-refractivity contribution is -0.148. The van der Waals surface area contributed by atoms with E-state index in [0.717, 1.165) is 12.3 Å². The number of hydrogen-bond donors (Lipinski definition) is 0. The Morgan fingerprint density at radius 2 is 1.93 bits per heavy atom. The zero-order valence-corrected chi connectivity index (χ0v) is 10.1. The second-order valence-electron chi connectivity index (χ2n) is 5.32. The maximum atomic E-state index is 11.3. The molecule has 86 valence electrons. The van der Waals surface area contributed by atoms with Crippen molar-refractivity contribution < 1.29 is 9.53 Å². The number of hydrogen-bond acceptors (Lipinski definition) is 2. The summed E-state index contributed by atoms with van der Waals surface area (Å²) in [5, 5.41) is 0. The molecule has 1 aliphatic carbocycles. The molecule has 1 aliphatic rings. The van der Waals surface area contributed by atoms with E-state index in [2.05, 4.69) is 0 Å². The first kappa shape index (κ1) is 12.3. The monoisotopic (exact) mass is 210 g/mol. The van der Waals surface area contributed by atoms with Crippen molar-refractivity contribution in [3.05, 3.63) is 12.2 Å². The summed E-state index contributed by atoms with van der Waals surface area (Å²) in [6, 6.07) is 0. The normalized spacial score (nSPS) is 18.6. The number of esters is 1. The maximum absolute atomic E-state index is 11.3. The number of ether oxygens (including phenoxy) is 1. The second-order valence-corrected chi connectivity index (χ2v) is 5.32. The average molecular weight is 210 g/mol. The van der Waals surface area contributed by atoms with Crippen LogP contribution in [0.4, 0.5) is 0 Å². The van der Waals surface area contributed by atoms with Crippen LogP contribution in [-0.2, 0) is 9.53 Å². The molecule has 0 aliphatic heterocycles. The molecule has 0 aromatic carbocycles. The Hall–Kier alpha value is -0.790. The highest BCUT2D eigenvalue weighted by molar-refractivity contribution is 5.82. The molecule has 0 unspecified atom stereocenters. The molecule has 0 heterocycles. The minimum Gasteiger partial charge on any atom is -0.457 e. The van der Waals surface area contributed by atoms with E-state index in [9.17, 15) is 4.79 Å². The van der Waals surface area contributed by atoms with E-state index >= 15 is 0 Å². The predicted molar refractivity (Wildman–Crippen MR) is 61.6 cm³/mol. The van der Waals surface area contributed by atoms with Crippen LogP contribution < -0.4 is 0 Å². The van der Waals surface area contributed by atoms with Gasteiger partial charge in [-0.3, -0.25) is 0 Å². The first-order valence-electron chi connectivity index (χ1n) is 5.87. The highest BCUT2D eigenvalue weighted by Gasteiger charge is 2.15. The lowest BCUT2D eigenvalue weighted by Crippen LogP contribution is -2.22. The molecule has 0 spiro atoms. The molecule has 0 aromatic heterocycles. The van der Waals surface area contributed by atoms with Crippen LogP contribution in [-0.4, -0.2) is 11.6 Å². The Morgan fingerprint density at radius 3 is 2.47 bits per heavy atom. The van der Waals surface area contributed by atoms with Gasteiger partial charge in [-0.25, -0.2) is 4.79 Å². The van der Waals surface area contributed by atoms with Gasteiger partial charge in [-0.2, -0.15) is 0 Å². The maximum Gasteiger partial charge on any atom is 0.330 e. The molecule has 0 N–H and O–H groups in total. The van der Waals surface area contributed by atoms with Crippen LogP contribution in [0.5, 0.6) is 0 Å². The zero-order chi connectivity index (χ0) is 11.3. The van der Waals surface area contributed by atoms with E-state index < -0.39 is 0 Å². The Kier molecular flexibility index (Phi) is 4.37. The predicted octanol–water partition coefficient (Wildman–Crippen LogP) is 3.46. The van der Waals surface area contributed by atoms with Crippen molar-refractivity contribution in [3.8, 4) is 0 Å². The van der Waals surface area contributed by atoms with Crippen molar-refractivity contribution >= 4 is 5.97 Å². The fourth-order valence-corrected chi connectivity index (χ4v) is 1.94. The van der Waals surface area contributed by atoms with Crippen molar-refractivity contribution in [2.24, 2.45) is 5.92 Å². The third kappa shape index (κ3) is 5.60. The summed E-state index contributed by atoms with van der Waals surface area (Å²) >= 11 is 0. The first-order valence-corrected chi connectivity index (χ1v) is 5.87. The SMILES string of the molecule is CC(C)(C)OC(=O)/C=C/CC1CCCC1. The number of rotatable bonds is 3. The highest BCUT2D eigenvalue weighted by atomic mass is 16.6. The number of allylic oxidation sites excluding steroid dienone is 1. The number of carbonyl (C=O) groups excluding carboxylic acids is 1. The van der Waals surface area contributed by atoms with E-state index in [0.29, 0.717) is 0 Å². The Morgan fingerprint density at radius 1 is 1.33 bits per heavy atom. The minimum absolute atomic E-state index is 0.222. The third-order valence-electron chi connectivity index (χ3n) is 2.60. The highest BCUT2D eigenvalue weighted by Crippen LogP contribution is 2.27. The number of carbonyl (C=O) groups is 1. The topological polar surface area (TPSA) is 26.3 Å². The molecule has 15 heavy (non-hydrogen) atoms. The lowest BCUT2D eigenvalue weighted by Gasteiger charge is -2.17. The van der Waals surface area contributed by atoms with Crippen molar-refractivity contribution in [1.29, 1.82) is 0 Å². The van der Waals surface area contributed by atoms with Gasteiger partial charge in [0.15, 0.2) is 0 Å². The molecule has 0 saturated heterocycles. The van der Waals surface area contributed by atoms with Crippen LogP contribution in [0, 0.1) is 5.92 Å². The van der Waals surface area contributed by atoms with E-state index in [1.165, 1.54) is 25.7 Å². The minimum atomic E-state index is -0.380. The molecular formula is C13H22O2. The quantitative estimate of drug-likeness (QED) is 0.526. The van der Waals surface area contributed by atoms with Gasteiger partial charge in [0.1, 0.15) is 5.60 Å². The lowest BCUT2D eigenvalue weighted by atomic mass is 10.0. The van der Waals surface area contributed by atoms with E-state index in [4.69, 9.17) is 4.74 Å². The zero-order valence-electron chi connectivity index (χ0n) is 10.1. The molecule has 0 radical (unpaired) electrons. The molecule has 0 amide bonds. The fourth-order valence-electron chi connectivity index (χ4n) is 1.94. The Bertz CT molecular complexity index is 229. The molecule has 2 nitrogen and oxygen atoms in total. The van der Waals surface area contributed by atoms with Crippen LogP contribution in [0.2, 0.25) is 0 Å². The van der Waals surface area contributed by atoms with Crippen LogP contribution in [0.25, 0.3) is 0 Å². The van der Waals surface area contributed by atoms with Gasteiger partial charge in [0.05, 0.1) is 0 Å². The van der Waals surface area contributed by atoms with Crippen LogP contribution in [0.3, 0.4) is 0 Å². The van der Waals surface area contributed by atoms with Gasteiger partial charge in [-0.05, 0) is 33.1 Å². The van der Waals surface area contributed by atoms with Gasteiger partial charge in [-0.15, -0.1) is 0 Å². The van der Waals surface area contributed by atoms with Crippen molar-refractivity contribution in [2.75, 3.05) is 0 Å². The molecule has 1 rings (SSSR count). The van der Waals surface area contributed by atoms with Gasteiger partial charge in [0.2, 0.25) is 0 Å². The molecule has 0 aromatic rings. The standard InChI is InChI=1S/C13H22O2/c1-13(2,3)15-12(14)10-6-9-11-7-4-5-8-11/h6,10-11H,4-5,7-9H2,1-3H3/b10-6+. The van der Waals surface area contributed by atoms with Gasteiger partial charge in [0, 0.05) is 6.08 Å². The van der Waals surface area contributed by atoms with Crippen molar-refractivity contribution in [3.63, 3.8) is 0 Å². The summed E-state index contributed by atoms with van der Waals surface area (Å²) in [4.78, 5) is 11.3. The van der Waals surface area contributed by atoms with E-state index in [1.54, 1.807) is 6.08 Å². The Labute approximate surface area is 92.7 Å². The smallest absolute Gasteiger partial charge is 0.330 e. The van der Waals surface area contributed by atoms with E-state index in [-0.39, 0.29) is 11.6 Å². The van der Waals surface area contributed by atoms with Gasteiger partial charge in [0.25, 0.3) is 0 Å². The fraction of sp³-hybridized carbons (Fsp3) is 0.769. The summed E-state index contributed by atoms with van der Waals surface area (Å²) in [6.45, 7) is 5.65. The van der Waals surface area contributed by atoms with Gasteiger partial charge >= 0.3 is 5.97 Å². The molecule has 0 atom stereocenters. The molecule has 0 bridgehead atoms. The first-order chi connectivity index (χ1) is 6.97. The van der Waals surface area contributed by atoms with Crippen LogP contribution in [0.1, 0.15) is 52.9 Å². The van der Waals surface area contributed by atoms with Crippen LogP contribution in [0.15, 0.2) is 12.2 Å². The van der Waals surface area contributed by atoms with Crippen molar-refractivity contribution in [2.45, 2.75) is 58.5 Å². The van der Waals surface area contributed by atoms with Gasteiger partial charge < -0.3 is 4.74 Å². The third-order valence-corrected chi connectivity index (χ3v) is 2.60. The van der Waals surface area contributed by atoms with E-state index in [1.807, 2.05) is 26.8 Å². The summed E-state index contributed by atoms with van der Waals surface area (Å²) < 4.78 is 5.18. The molecule has 1 fully saturated rings. The second kappa shape index (κ2) is 5.34. The summed E-state index contributed by atoms with van der Waals surface area (Å²) in [5.74, 6) is 0.573. The summed E-state index contributed by atoms with van der Waals surface area (Å²) in [7, 11) is 0. The van der Waals surface area contributed by atoms with Crippen molar-refractivity contribution in [1.82, 2.24) is 0 Å². The Balaban J connectivity index is 2.22.